The summed E-state index contributed by atoms with van der Waals surface area (Å²) < 4.78 is 0. The maximum absolute atomic E-state index is 12.6. The number of urea groups is 1. The SMILES string of the molecule is C[C@H](NC(=O)C1=C/C=C\CCC\C=C\1)c1ccc(NC(=O)NCc2ccc(Cl)cc2)cc1. The van der Waals surface area contributed by atoms with Crippen LogP contribution >= 0.6 is 11.6 Å². The molecule has 3 rings (SSSR count). The largest absolute Gasteiger partial charge is 0.346 e. The van der Waals surface area contributed by atoms with Gasteiger partial charge in [-0.1, -0.05) is 60.2 Å². The van der Waals surface area contributed by atoms with Gasteiger partial charge in [0.05, 0.1) is 6.04 Å². The summed E-state index contributed by atoms with van der Waals surface area (Å²) in [7, 11) is 0. The van der Waals surface area contributed by atoms with Crippen LogP contribution in [0.15, 0.2) is 84.5 Å². The van der Waals surface area contributed by atoms with E-state index in [0.29, 0.717) is 22.8 Å². The fourth-order valence-corrected chi connectivity index (χ4v) is 3.34. The molecule has 0 aromatic heterocycles. The first-order chi connectivity index (χ1) is 15.5. The third-order valence-electron chi connectivity index (χ3n) is 5.10. The van der Waals surface area contributed by atoms with Crippen molar-refractivity contribution in [3.63, 3.8) is 0 Å². The summed E-state index contributed by atoms with van der Waals surface area (Å²) in [5, 5.41) is 9.32. The Morgan fingerprint density at radius 3 is 2.47 bits per heavy atom. The number of benzene rings is 2. The van der Waals surface area contributed by atoms with Crippen molar-refractivity contribution < 1.29 is 9.59 Å². The van der Waals surface area contributed by atoms with E-state index in [1.165, 1.54) is 0 Å². The molecule has 1 aliphatic carbocycles. The van der Waals surface area contributed by atoms with Gasteiger partial charge in [0.1, 0.15) is 0 Å². The molecular weight excluding hydrogens is 422 g/mol. The van der Waals surface area contributed by atoms with Gasteiger partial charge in [0.25, 0.3) is 5.91 Å². The molecule has 0 saturated carbocycles. The second-order valence-electron chi connectivity index (χ2n) is 7.63. The first-order valence-corrected chi connectivity index (χ1v) is 11.1. The minimum Gasteiger partial charge on any atom is -0.346 e. The van der Waals surface area contributed by atoms with Crippen LogP contribution in [0.25, 0.3) is 0 Å². The molecular formula is C26H28ClN3O2. The van der Waals surface area contributed by atoms with Crippen LogP contribution in [0.3, 0.4) is 0 Å². The maximum atomic E-state index is 12.6. The molecule has 0 radical (unpaired) electrons. The highest BCUT2D eigenvalue weighted by Crippen LogP contribution is 2.17. The van der Waals surface area contributed by atoms with Crippen molar-refractivity contribution in [3.05, 3.63) is 101 Å². The predicted molar refractivity (Wildman–Crippen MR) is 131 cm³/mol. The summed E-state index contributed by atoms with van der Waals surface area (Å²) in [5.41, 5.74) is 3.23. The lowest BCUT2D eigenvalue weighted by atomic mass is 10.1. The Morgan fingerprint density at radius 2 is 1.72 bits per heavy atom. The number of allylic oxidation sites excluding steroid dienone is 4. The minimum atomic E-state index is -0.291. The standard InChI is InChI=1S/C26H28ClN3O2/c1-19(29-25(31)22-8-6-4-2-3-5-7-9-22)21-12-16-24(17-13-21)30-26(32)28-18-20-10-14-23(27)15-11-20/h4,6-17,19H,2-3,5,18H2,1H3,(H,29,31)(H2,28,30,32)/b6-4-,9-7+,22-8+/t19-/m0/s1. The van der Waals surface area contributed by atoms with Crippen LogP contribution in [0, 0.1) is 0 Å². The first-order valence-electron chi connectivity index (χ1n) is 10.7. The molecule has 0 fully saturated rings. The van der Waals surface area contributed by atoms with Crippen molar-refractivity contribution >= 4 is 29.2 Å². The Bertz CT molecular complexity index is 1010. The smallest absolute Gasteiger partial charge is 0.319 e. The molecule has 166 valence electrons. The van der Waals surface area contributed by atoms with Gasteiger partial charge in [-0.25, -0.2) is 4.79 Å². The Labute approximate surface area is 194 Å². The molecule has 0 unspecified atom stereocenters. The van der Waals surface area contributed by atoms with E-state index >= 15 is 0 Å². The lowest BCUT2D eigenvalue weighted by molar-refractivity contribution is -0.117. The number of amides is 3. The van der Waals surface area contributed by atoms with Crippen molar-refractivity contribution in [2.75, 3.05) is 5.32 Å². The van der Waals surface area contributed by atoms with Gasteiger partial charge in [0.2, 0.25) is 0 Å². The van der Waals surface area contributed by atoms with Crippen molar-refractivity contribution in [1.82, 2.24) is 10.6 Å². The van der Waals surface area contributed by atoms with Crippen molar-refractivity contribution in [3.8, 4) is 0 Å². The summed E-state index contributed by atoms with van der Waals surface area (Å²) in [6, 6.07) is 14.3. The third-order valence-corrected chi connectivity index (χ3v) is 5.35. The topological polar surface area (TPSA) is 70.2 Å². The first kappa shape index (κ1) is 23.4. The van der Waals surface area contributed by atoms with Gasteiger partial charge >= 0.3 is 6.03 Å². The molecule has 5 nitrogen and oxygen atoms in total. The highest BCUT2D eigenvalue weighted by molar-refractivity contribution is 6.30. The average molecular weight is 450 g/mol. The molecule has 1 atom stereocenters. The van der Waals surface area contributed by atoms with Crippen LogP contribution in [0.5, 0.6) is 0 Å². The number of hydrogen-bond donors (Lipinski definition) is 3. The number of anilines is 1. The van der Waals surface area contributed by atoms with Gasteiger partial charge in [-0.3, -0.25) is 4.79 Å². The number of hydrogen-bond acceptors (Lipinski definition) is 2. The van der Waals surface area contributed by atoms with E-state index in [9.17, 15) is 9.59 Å². The van der Waals surface area contributed by atoms with Crippen molar-refractivity contribution in [1.29, 1.82) is 0 Å². The van der Waals surface area contributed by atoms with Crippen LogP contribution in [0.2, 0.25) is 5.02 Å². The van der Waals surface area contributed by atoms with Crippen LogP contribution < -0.4 is 16.0 Å². The molecule has 3 amide bonds. The van der Waals surface area contributed by atoms with Crippen molar-refractivity contribution in [2.24, 2.45) is 0 Å². The van der Waals surface area contributed by atoms with Crippen LogP contribution in [-0.2, 0) is 11.3 Å². The lowest BCUT2D eigenvalue weighted by Gasteiger charge is -2.15. The molecule has 0 heterocycles. The number of carbonyl (C=O) groups is 2. The van der Waals surface area contributed by atoms with E-state index in [4.69, 9.17) is 11.6 Å². The minimum absolute atomic E-state index is 0.107. The van der Waals surface area contributed by atoms with E-state index < -0.39 is 0 Å². The summed E-state index contributed by atoms with van der Waals surface area (Å²) in [5.74, 6) is -0.107. The molecule has 2 aromatic rings. The Hall–Kier alpha value is -3.31. The zero-order chi connectivity index (χ0) is 22.8. The van der Waals surface area contributed by atoms with Gasteiger partial charge < -0.3 is 16.0 Å². The number of carbonyl (C=O) groups excluding carboxylic acids is 2. The summed E-state index contributed by atoms with van der Waals surface area (Å²) in [6.45, 7) is 2.35. The lowest BCUT2D eigenvalue weighted by Crippen LogP contribution is -2.28. The van der Waals surface area contributed by atoms with E-state index in [-0.39, 0.29) is 18.0 Å². The van der Waals surface area contributed by atoms with Crippen LogP contribution in [-0.4, -0.2) is 11.9 Å². The molecule has 0 bridgehead atoms. The quantitative estimate of drug-likeness (QED) is 0.501. The highest BCUT2D eigenvalue weighted by atomic mass is 35.5. The van der Waals surface area contributed by atoms with Gasteiger partial charge in [-0.2, -0.15) is 0 Å². The number of halogens is 1. The molecule has 32 heavy (non-hydrogen) atoms. The van der Waals surface area contributed by atoms with Gasteiger partial charge in [-0.15, -0.1) is 0 Å². The van der Waals surface area contributed by atoms with Gasteiger partial charge in [-0.05, 0) is 67.7 Å². The van der Waals surface area contributed by atoms with Gasteiger partial charge in [0.15, 0.2) is 0 Å². The molecule has 0 saturated heterocycles. The highest BCUT2D eigenvalue weighted by Gasteiger charge is 2.12. The van der Waals surface area contributed by atoms with Crippen molar-refractivity contribution in [2.45, 2.75) is 38.8 Å². The number of rotatable bonds is 6. The zero-order valence-corrected chi connectivity index (χ0v) is 18.9. The third kappa shape index (κ3) is 7.43. The summed E-state index contributed by atoms with van der Waals surface area (Å²) >= 11 is 5.87. The Kier molecular flexibility index (Phi) is 8.70. The van der Waals surface area contributed by atoms with Crippen LogP contribution in [0.4, 0.5) is 10.5 Å². The number of nitrogens with one attached hydrogen (secondary N) is 3. The maximum Gasteiger partial charge on any atom is 0.319 e. The fraction of sp³-hybridized carbons (Fsp3) is 0.231. The zero-order valence-electron chi connectivity index (χ0n) is 18.1. The van der Waals surface area contributed by atoms with Gasteiger partial charge in [0, 0.05) is 22.8 Å². The normalized spacial score (nSPS) is 18.0. The van der Waals surface area contributed by atoms with Crippen LogP contribution in [0.1, 0.15) is 43.4 Å². The summed E-state index contributed by atoms with van der Waals surface area (Å²) in [4.78, 5) is 24.8. The van der Waals surface area contributed by atoms with E-state index in [1.54, 1.807) is 12.1 Å². The monoisotopic (exact) mass is 449 g/mol. The second kappa shape index (κ2) is 11.9. The molecule has 0 spiro atoms. The fourth-order valence-electron chi connectivity index (χ4n) is 3.22. The molecule has 1 aliphatic rings. The second-order valence-corrected chi connectivity index (χ2v) is 8.07. The van der Waals surface area contributed by atoms with E-state index in [2.05, 4.69) is 22.0 Å². The molecule has 2 aromatic carbocycles. The average Bonchev–Trinajstić information content (AvgIpc) is 2.93. The Morgan fingerprint density at radius 1 is 1.00 bits per heavy atom. The summed E-state index contributed by atoms with van der Waals surface area (Å²) in [6.07, 6.45) is 12.9. The Balaban J connectivity index is 1.51. The predicted octanol–water partition coefficient (Wildman–Crippen LogP) is 6.06. The van der Waals surface area contributed by atoms with E-state index in [0.717, 1.165) is 30.4 Å². The molecule has 6 heteroatoms. The molecule has 0 aliphatic heterocycles. The molecule has 3 N–H and O–H groups in total. The van der Waals surface area contributed by atoms with E-state index in [1.807, 2.05) is 67.6 Å².